The van der Waals surface area contributed by atoms with E-state index in [1.165, 1.54) is 7.11 Å². The molecule has 0 heterocycles. The van der Waals surface area contributed by atoms with E-state index in [4.69, 9.17) is 0 Å². The molecule has 1 N–H and O–H groups in total. The van der Waals surface area contributed by atoms with E-state index in [1.807, 2.05) is 19.1 Å². The summed E-state index contributed by atoms with van der Waals surface area (Å²) in [6.07, 6.45) is 0.169. The SMILES string of the molecule is COC(=O)CCCS(=O)(=O)CC(=O)Nc1ccc(C)cc1. The van der Waals surface area contributed by atoms with E-state index < -0.39 is 27.5 Å². The van der Waals surface area contributed by atoms with Crippen molar-refractivity contribution in [2.24, 2.45) is 0 Å². The predicted molar refractivity (Wildman–Crippen MR) is 79.7 cm³/mol. The van der Waals surface area contributed by atoms with Crippen molar-refractivity contribution in [3.63, 3.8) is 0 Å². The van der Waals surface area contributed by atoms with Gasteiger partial charge in [0.25, 0.3) is 0 Å². The number of rotatable bonds is 7. The van der Waals surface area contributed by atoms with Gasteiger partial charge in [0.15, 0.2) is 9.84 Å². The molecule has 0 bridgehead atoms. The van der Waals surface area contributed by atoms with E-state index in [-0.39, 0.29) is 18.6 Å². The molecule has 1 aromatic rings. The number of methoxy groups -OCH3 is 1. The molecular formula is C14H19NO5S. The fraction of sp³-hybridized carbons (Fsp3) is 0.429. The van der Waals surface area contributed by atoms with Crippen molar-refractivity contribution in [3.8, 4) is 0 Å². The number of ether oxygens (including phenoxy) is 1. The van der Waals surface area contributed by atoms with Crippen LogP contribution >= 0.6 is 0 Å². The second-order valence-corrected chi connectivity index (χ2v) is 6.87. The number of carbonyl (C=O) groups is 2. The number of hydrogen-bond donors (Lipinski definition) is 1. The van der Waals surface area contributed by atoms with Crippen LogP contribution in [-0.2, 0) is 24.2 Å². The summed E-state index contributed by atoms with van der Waals surface area (Å²) in [6, 6.07) is 7.05. The Morgan fingerprint density at radius 1 is 1.19 bits per heavy atom. The monoisotopic (exact) mass is 313 g/mol. The molecule has 0 aromatic heterocycles. The first-order valence-electron chi connectivity index (χ1n) is 6.46. The number of carbonyl (C=O) groups excluding carboxylic acids is 2. The molecule has 0 saturated heterocycles. The number of sulfone groups is 1. The second kappa shape index (κ2) is 7.78. The van der Waals surface area contributed by atoms with Crippen LogP contribution in [0, 0.1) is 6.92 Å². The van der Waals surface area contributed by atoms with Crippen LogP contribution < -0.4 is 5.32 Å². The topological polar surface area (TPSA) is 89.5 Å². The highest BCUT2D eigenvalue weighted by atomic mass is 32.2. The van der Waals surface area contributed by atoms with Crippen LogP contribution in [0.15, 0.2) is 24.3 Å². The summed E-state index contributed by atoms with van der Waals surface area (Å²) in [4.78, 5) is 22.6. The summed E-state index contributed by atoms with van der Waals surface area (Å²) in [5.41, 5.74) is 1.60. The summed E-state index contributed by atoms with van der Waals surface area (Å²) >= 11 is 0. The molecule has 116 valence electrons. The van der Waals surface area contributed by atoms with E-state index >= 15 is 0 Å². The molecule has 7 heteroatoms. The standard InChI is InChI=1S/C14H19NO5S/c1-11-5-7-12(8-6-11)15-13(16)10-21(18,19)9-3-4-14(17)20-2/h5-8H,3-4,9-10H2,1-2H3,(H,15,16). The second-order valence-electron chi connectivity index (χ2n) is 4.69. The molecular weight excluding hydrogens is 294 g/mol. The van der Waals surface area contributed by atoms with Gasteiger partial charge in [-0.3, -0.25) is 9.59 Å². The Balaban J connectivity index is 2.45. The fourth-order valence-electron chi connectivity index (χ4n) is 1.64. The molecule has 0 saturated carbocycles. The van der Waals surface area contributed by atoms with E-state index in [0.717, 1.165) is 5.56 Å². The van der Waals surface area contributed by atoms with E-state index in [2.05, 4.69) is 10.1 Å². The summed E-state index contributed by atoms with van der Waals surface area (Å²) in [5.74, 6) is -1.86. The van der Waals surface area contributed by atoms with Gasteiger partial charge >= 0.3 is 5.97 Å². The Bertz CT molecular complexity index is 592. The maximum atomic E-state index is 11.7. The highest BCUT2D eigenvalue weighted by Crippen LogP contribution is 2.09. The van der Waals surface area contributed by atoms with Crippen molar-refractivity contribution in [1.82, 2.24) is 0 Å². The lowest BCUT2D eigenvalue weighted by atomic mass is 10.2. The van der Waals surface area contributed by atoms with Gasteiger partial charge in [-0.05, 0) is 25.5 Å². The van der Waals surface area contributed by atoms with Crippen molar-refractivity contribution in [2.45, 2.75) is 19.8 Å². The zero-order valence-corrected chi connectivity index (χ0v) is 12.9. The number of hydrogen-bond acceptors (Lipinski definition) is 5. The summed E-state index contributed by atoms with van der Waals surface area (Å²) < 4.78 is 27.9. The third-order valence-electron chi connectivity index (χ3n) is 2.75. The molecule has 0 aliphatic heterocycles. The average Bonchev–Trinajstić information content (AvgIpc) is 2.40. The Morgan fingerprint density at radius 3 is 2.38 bits per heavy atom. The zero-order valence-electron chi connectivity index (χ0n) is 12.1. The smallest absolute Gasteiger partial charge is 0.305 e. The molecule has 0 atom stereocenters. The van der Waals surface area contributed by atoms with Gasteiger partial charge in [-0.25, -0.2) is 8.42 Å². The van der Waals surface area contributed by atoms with Crippen LogP contribution in [0.2, 0.25) is 0 Å². The number of aryl methyl sites for hydroxylation is 1. The van der Waals surface area contributed by atoms with Crippen LogP contribution in [0.4, 0.5) is 5.69 Å². The van der Waals surface area contributed by atoms with Crippen molar-refractivity contribution in [3.05, 3.63) is 29.8 Å². The van der Waals surface area contributed by atoms with E-state index in [0.29, 0.717) is 5.69 Å². The van der Waals surface area contributed by atoms with E-state index in [9.17, 15) is 18.0 Å². The average molecular weight is 313 g/mol. The van der Waals surface area contributed by atoms with Crippen molar-refractivity contribution >= 4 is 27.4 Å². The predicted octanol–water partition coefficient (Wildman–Crippen LogP) is 1.30. The first-order valence-corrected chi connectivity index (χ1v) is 8.28. The Hall–Kier alpha value is -1.89. The maximum absolute atomic E-state index is 11.7. The van der Waals surface area contributed by atoms with Crippen molar-refractivity contribution < 1.29 is 22.7 Å². The Kier molecular flexibility index (Phi) is 6.36. The van der Waals surface area contributed by atoms with Crippen LogP contribution in [0.3, 0.4) is 0 Å². The van der Waals surface area contributed by atoms with Gasteiger partial charge < -0.3 is 10.1 Å². The molecule has 1 aromatic carbocycles. The molecule has 1 rings (SSSR count). The van der Waals surface area contributed by atoms with Gasteiger partial charge in [-0.2, -0.15) is 0 Å². The lowest BCUT2D eigenvalue weighted by Crippen LogP contribution is -2.25. The molecule has 0 radical (unpaired) electrons. The quantitative estimate of drug-likeness (QED) is 0.766. The molecule has 0 spiro atoms. The van der Waals surface area contributed by atoms with E-state index in [1.54, 1.807) is 12.1 Å². The Morgan fingerprint density at radius 2 is 1.81 bits per heavy atom. The molecule has 6 nitrogen and oxygen atoms in total. The number of anilines is 1. The molecule has 0 aliphatic carbocycles. The summed E-state index contributed by atoms with van der Waals surface area (Å²) in [6.45, 7) is 1.91. The highest BCUT2D eigenvalue weighted by Gasteiger charge is 2.17. The molecule has 0 aliphatic rings. The molecule has 0 unspecified atom stereocenters. The minimum absolute atomic E-state index is 0.0231. The first-order chi connectivity index (χ1) is 9.82. The van der Waals surface area contributed by atoms with Gasteiger partial charge in [0.1, 0.15) is 5.75 Å². The number of benzene rings is 1. The van der Waals surface area contributed by atoms with Gasteiger partial charge in [0.05, 0.1) is 12.9 Å². The largest absolute Gasteiger partial charge is 0.469 e. The van der Waals surface area contributed by atoms with Crippen LogP contribution in [-0.4, -0.2) is 38.9 Å². The normalized spacial score (nSPS) is 11.0. The van der Waals surface area contributed by atoms with Crippen molar-refractivity contribution in [2.75, 3.05) is 23.9 Å². The van der Waals surface area contributed by atoms with Crippen LogP contribution in [0.5, 0.6) is 0 Å². The molecule has 0 fully saturated rings. The van der Waals surface area contributed by atoms with Crippen LogP contribution in [0.1, 0.15) is 18.4 Å². The van der Waals surface area contributed by atoms with Gasteiger partial charge in [-0.15, -0.1) is 0 Å². The molecule has 1 amide bonds. The third kappa shape index (κ3) is 6.89. The minimum atomic E-state index is -3.53. The fourth-order valence-corrected chi connectivity index (χ4v) is 2.84. The van der Waals surface area contributed by atoms with Gasteiger partial charge in [-0.1, -0.05) is 17.7 Å². The molecule has 21 heavy (non-hydrogen) atoms. The maximum Gasteiger partial charge on any atom is 0.305 e. The summed E-state index contributed by atoms with van der Waals surface area (Å²) in [7, 11) is -2.29. The minimum Gasteiger partial charge on any atom is -0.469 e. The lowest BCUT2D eigenvalue weighted by molar-refractivity contribution is -0.140. The zero-order chi connectivity index (χ0) is 15.9. The van der Waals surface area contributed by atoms with Crippen molar-refractivity contribution in [1.29, 1.82) is 0 Å². The number of nitrogens with one attached hydrogen (secondary N) is 1. The number of esters is 1. The van der Waals surface area contributed by atoms with Gasteiger partial charge in [0, 0.05) is 12.1 Å². The lowest BCUT2D eigenvalue weighted by Gasteiger charge is -2.06. The first kappa shape index (κ1) is 17.2. The summed E-state index contributed by atoms with van der Waals surface area (Å²) in [5, 5.41) is 2.53. The third-order valence-corrected chi connectivity index (χ3v) is 4.36. The Labute approximate surface area is 124 Å². The highest BCUT2D eigenvalue weighted by molar-refractivity contribution is 7.92. The van der Waals surface area contributed by atoms with Gasteiger partial charge in [0.2, 0.25) is 5.91 Å². The number of amides is 1. The van der Waals surface area contributed by atoms with Crippen LogP contribution in [0.25, 0.3) is 0 Å².